The van der Waals surface area contributed by atoms with Crippen LogP contribution in [0.1, 0.15) is 41.7 Å². The van der Waals surface area contributed by atoms with Crippen molar-refractivity contribution in [3.63, 3.8) is 0 Å². The Labute approximate surface area is 343 Å². The van der Waals surface area contributed by atoms with Gasteiger partial charge in [0.25, 0.3) is 0 Å². The Hall–Kier alpha value is -7.63. The summed E-state index contributed by atoms with van der Waals surface area (Å²) in [5, 5.41) is 11.0. The molecule has 0 saturated carbocycles. The van der Waals surface area contributed by atoms with Gasteiger partial charge in [0.05, 0.1) is 5.69 Å². The molecule has 10 rings (SSSR count). The molecule has 282 valence electrons. The number of amidine groups is 2. The van der Waals surface area contributed by atoms with E-state index in [9.17, 15) is 5.41 Å². The molecule has 0 spiro atoms. The summed E-state index contributed by atoms with van der Waals surface area (Å²) >= 11 is 0. The number of hydrogen-bond acceptors (Lipinski definition) is 3. The molecule has 0 radical (unpaired) electrons. The third-order valence-electron chi connectivity index (χ3n) is 11.4. The number of aliphatic imine (C=N–C) groups is 2. The average Bonchev–Trinajstić information content (AvgIpc) is 3.78. The van der Waals surface area contributed by atoms with Gasteiger partial charge in [-0.25, -0.2) is 9.98 Å². The summed E-state index contributed by atoms with van der Waals surface area (Å²) in [5.41, 5.74) is 14.6. The van der Waals surface area contributed by atoms with E-state index in [1.807, 2.05) is 78.9 Å². The molecule has 5 nitrogen and oxygen atoms in total. The maximum Gasteiger partial charge on any atom is 0.161 e. The van der Waals surface area contributed by atoms with Crippen molar-refractivity contribution in [1.82, 2.24) is 0 Å². The molecule has 59 heavy (non-hydrogen) atoms. The Kier molecular flexibility index (Phi) is 8.91. The zero-order chi connectivity index (χ0) is 39.9. The number of fused-ring (bicyclic) bond motifs is 6. The molecular formula is C54H40N4O. The third kappa shape index (κ3) is 6.43. The van der Waals surface area contributed by atoms with Crippen LogP contribution in [0, 0.1) is 5.41 Å². The van der Waals surface area contributed by atoms with Gasteiger partial charge in [-0.05, 0) is 81.9 Å². The lowest BCUT2D eigenvalue weighted by Gasteiger charge is -2.29. The van der Waals surface area contributed by atoms with Crippen molar-refractivity contribution in [2.45, 2.75) is 19.3 Å². The maximum absolute atomic E-state index is 9.23. The van der Waals surface area contributed by atoms with Gasteiger partial charge in [-0.1, -0.05) is 159 Å². The SMILES string of the molecule is CC1(C)c2ccccc2-c2c(N(c3ccccc3)c3ccc(-c4ccc5c(c4)oc4cccc(C(=N)N=C(N=Cc6ccccc6)c6ccccc6)c45)cc3)cccc21. The van der Waals surface area contributed by atoms with Gasteiger partial charge in [-0.15, -0.1) is 0 Å². The molecule has 1 N–H and O–H groups in total. The fourth-order valence-electron chi connectivity index (χ4n) is 8.53. The molecule has 1 aromatic heterocycles. The summed E-state index contributed by atoms with van der Waals surface area (Å²) in [6.07, 6.45) is 1.79. The van der Waals surface area contributed by atoms with E-state index in [0.717, 1.165) is 55.7 Å². The Bertz CT molecular complexity index is 3070. The number of para-hydroxylation sites is 1. The molecule has 1 aliphatic carbocycles. The lowest BCUT2D eigenvalue weighted by Crippen LogP contribution is -2.16. The van der Waals surface area contributed by atoms with Crippen molar-refractivity contribution in [1.29, 1.82) is 5.41 Å². The summed E-state index contributed by atoms with van der Waals surface area (Å²) in [7, 11) is 0. The van der Waals surface area contributed by atoms with Crippen LogP contribution >= 0.6 is 0 Å². The van der Waals surface area contributed by atoms with E-state index in [1.165, 1.54) is 22.3 Å². The highest BCUT2D eigenvalue weighted by atomic mass is 16.3. The van der Waals surface area contributed by atoms with Crippen molar-refractivity contribution < 1.29 is 4.42 Å². The molecular weight excluding hydrogens is 721 g/mol. The summed E-state index contributed by atoms with van der Waals surface area (Å²) in [4.78, 5) is 11.9. The van der Waals surface area contributed by atoms with Crippen molar-refractivity contribution in [3.05, 3.63) is 222 Å². The lowest BCUT2D eigenvalue weighted by atomic mass is 9.82. The van der Waals surface area contributed by atoms with Crippen molar-refractivity contribution in [3.8, 4) is 22.3 Å². The van der Waals surface area contributed by atoms with Gasteiger partial charge in [-0.2, -0.15) is 0 Å². The molecule has 8 aromatic carbocycles. The number of nitrogens with zero attached hydrogens (tertiary/aromatic N) is 3. The smallest absolute Gasteiger partial charge is 0.161 e. The molecule has 5 heteroatoms. The summed E-state index contributed by atoms with van der Waals surface area (Å²) in [6.45, 7) is 4.65. The molecule has 0 fully saturated rings. The van der Waals surface area contributed by atoms with Crippen LogP contribution in [0.2, 0.25) is 0 Å². The first kappa shape index (κ1) is 35.8. The topological polar surface area (TPSA) is 65.0 Å². The minimum absolute atomic E-state index is 0.0974. The minimum Gasteiger partial charge on any atom is -0.456 e. The number of furan rings is 1. The molecule has 0 atom stereocenters. The Morgan fingerprint density at radius 2 is 1.24 bits per heavy atom. The van der Waals surface area contributed by atoms with Crippen molar-refractivity contribution in [2.24, 2.45) is 9.98 Å². The summed E-state index contributed by atoms with van der Waals surface area (Å²) < 4.78 is 6.48. The third-order valence-corrected chi connectivity index (χ3v) is 11.4. The van der Waals surface area contributed by atoms with Crippen LogP contribution < -0.4 is 4.90 Å². The highest BCUT2D eigenvalue weighted by Crippen LogP contribution is 2.54. The molecule has 0 amide bonds. The Morgan fingerprint density at radius 1 is 0.593 bits per heavy atom. The van der Waals surface area contributed by atoms with Crippen LogP contribution in [0.5, 0.6) is 0 Å². The average molecular weight is 761 g/mol. The van der Waals surface area contributed by atoms with E-state index in [2.05, 4.69) is 134 Å². The number of anilines is 3. The monoisotopic (exact) mass is 760 g/mol. The lowest BCUT2D eigenvalue weighted by molar-refractivity contribution is 0.660. The van der Waals surface area contributed by atoms with Gasteiger partial charge in [0, 0.05) is 50.5 Å². The maximum atomic E-state index is 9.23. The van der Waals surface area contributed by atoms with E-state index < -0.39 is 0 Å². The zero-order valence-electron chi connectivity index (χ0n) is 32.8. The quantitative estimate of drug-likeness (QED) is 0.130. The van der Waals surface area contributed by atoms with E-state index in [4.69, 9.17) is 14.4 Å². The second kappa shape index (κ2) is 14.7. The number of hydrogen-bond donors (Lipinski definition) is 1. The van der Waals surface area contributed by atoms with Gasteiger partial charge in [0.1, 0.15) is 11.2 Å². The minimum atomic E-state index is -0.0974. The van der Waals surface area contributed by atoms with Crippen molar-refractivity contribution in [2.75, 3.05) is 4.90 Å². The molecule has 0 unspecified atom stereocenters. The largest absolute Gasteiger partial charge is 0.456 e. The molecule has 9 aromatic rings. The van der Waals surface area contributed by atoms with Gasteiger partial charge in [-0.3, -0.25) is 5.41 Å². The van der Waals surface area contributed by atoms with Crippen LogP contribution in [0.15, 0.2) is 209 Å². The van der Waals surface area contributed by atoms with Gasteiger partial charge >= 0.3 is 0 Å². The van der Waals surface area contributed by atoms with Gasteiger partial charge in [0.2, 0.25) is 0 Å². The van der Waals surface area contributed by atoms with Crippen LogP contribution in [0.3, 0.4) is 0 Å². The molecule has 1 aliphatic rings. The number of rotatable bonds is 7. The first-order valence-electron chi connectivity index (χ1n) is 19.9. The van der Waals surface area contributed by atoms with E-state index in [1.54, 1.807) is 6.21 Å². The first-order valence-corrected chi connectivity index (χ1v) is 19.9. The fourth-order valence-corrected chi connectivity index (χ4v) is 8.53. The van der Waals surface area contributed by atoms with Crippen LogP contribution in [-0.4, -0.2) is 17.9 Å². The van der Waals surface area contributed by atoms with E-state index in [-0.39, 0.29) is 11.3 Å². The second-order valence-electron chi connectivity index (χ2n) is 15.4. The van der Waals surface area contributed by atoms with E-state index in [0.29, 0.717) is 17.0 Å². The molecule has 0 bridgehead atoms. The van der Waals surface area contributed by atoms with Gasteiger partial charge in [0.15, 0.2) is 11.7 Å². The Morgan fingerprint density at radius 3 is 2.02 bits per heavy atom. The molecule has 0 saturated heterocycles. The summed E-state index contributed by atoms with van der Waals surface area (Å²) in [5.74, 6) is 0.576. The predicted octanol–water partition coefficient (Wildman–Crippen LogP) is 13.9. The highest BCUT2D eigenvalue weighted by Gasteiger charge is 2.37. The number of benzene rings is 8. The van der Waals surface area contributed by atoms with Crippen molar-refractivity contribution >= 4 is 56.9 Å². The Balaban J connectivity index is 1.01. The predicted molar refractivity (Wildman–Crippen MR) is 245 cm³/mol. The standard InChI is InChI=1S/C54H40N4O/c1-54(2)45-24-13-12-22-42(45)51-46(54)25-15-26-47(51)58(40-20-10-5-11-21-40)41-31-28-37(29-32-41)39-30-33-43-49(34-39)59-48-27-14-23-44(50(43)48)52(55)57-53(38-18-8-4-9-19-38)56-35-36-16-6-3-7-17-36/h3-35,55H,1-2H3. The van der Waals surface area contributed by atoms with Crippen LogP contribution in [0.4, 0.5) is 17.1 Å². The normalized spacial score (nSPS) is 13.2. The van der Waals surface area contributed by atoms with Crippen LogP contribution in [-0.2, 0) is 5.41 Å². The zero-order valence-corrected chi connectivity index (χ0v) is 32.8. The first-order chi connectivity index (χ1) is 28.9. The molecule has 1 heterocycles. The fraction of sp³-hybridized carbons (Fsp3) is 0.0556. The highest BCUT2D eigenvalue weighted by molar-refractivity contribution is 6.21. The summed E-state index contributed by atoms with van der Waals surface area (Å²) in [6, 6.07) is 66.8. The van der Waals surface area contributed by atoms with Gasteiger partial charge < -0.3 is 9.32 Å². The van der Waals surface area contributed by atoms with E-state index >= 15 is 0 Å². The molecule has 0 aliphatic heterocycles. The number of nitrogens with one attached hydrogen (secondary N) is 1. The second-order valence-corrected chi connectivity index (χ2v) is 15.4. The van der Waals surface area contributed by atoms with Crippen LogP contribution in [0.25, 0.3) is 44.2 Å².